The van der Waals surface area contributed by atoms with E-state index in [-0.39, 0.29) is 36.8 Å². The lowest BCUT2D eigenvalue weighted by molar-refractivity contribution is -0.137. The second-order valence-corrected chi connectivity index (χ2v) is 12.8. The van der Waals surface area contributed by atoms with Gasteiger partial charge in [0.2, 0.25) is 0 Å². The first-order valence-corrected chi connectivity index (χ1v) is 16.5. The number of carbonyl (C=O) groups excluding carboxylic acids is 1. The summed E-state index contributed by atoms with van der Waals surface area (Å²) in [7, 11) is 0. The second-order valence-electron chi connectivity index (χ2n) is 12.8. The lowest BCUT2D eigenvalue weighted by Gasteiger charge is -2.36. The molecule has 3 aliphatic heterocycles. The summed E-state index contributed by atoms with van der Waals surface area (Å²) in [6.45, 7) is 5.34. The van der Waals surface area contributed by atoms with Gasteiger partial charge in [0.1, 0.15) is 17.6 Å². The number of rotatable bonds is 8. The van der Waals surface area contributed by atoms with Crippen LogP contribution in [0.4, 0.5) is 17.6 Å². The fourth-order valence-corrected chi connectivity index (χ4v) is 6.74. The molecule has 1 aromatic carbocycles. The van der Waals surface area contributed by atoms with Gasteiger partial charge in [-0.2, -0.15) is 13.2 Å². The number of benzene rings is 1. The summed E-state index contributed by atoms with van der Waals surface area (Å²) in [6.07, 6.45) is -0.175. The monoisotopic (exact) mass is 659 g/mol. The molecule has 3 saturated heterocycles. The lowest BCUT2D eigenvalue weighted by Crippen LogP contribution is -2.52. The number of aromatic nitrogens is 3. The van der Waals surface area contributed by atoms with Gasteiger partial charge >= 0.3 is 6.18 Å². The maximum Gasteiger partial charge on any atom is 0.416 e. The Kier molecular flexibility index (Phi) is 10.2. The highest BCUT2D eigenvalue weighted by Gasteiger charge is 2.33. The Labute approximate surface area is 271 Å². The third-order valence-electron chi connectivity index (χ3n) is 9.49. The predicted molar refractivity (Wildman–Crippen MR) is 164 cm³/mol. The number of amides is 1. The molecule has 3 fully saturated rings. The van der Waals surface area contributed by atoms with E-state index in [2.05, 4.69) is 15.5 Å². The fraction of sp³-hybridized carbons (Fsp3) is 0.588. The summed E-state index contributed by atoms with van der Waals surface area (Å²) in [6, 6.07) is 6.82. The van der Waals surface area contributed by atoms with E-state index in [9.17, 15) is 22.4 Å². The SMILES string of the molecule is Cc1cc(-c2nc(CC[C@H]3CCC[C@@H](c4ccc(C(F)(F)F)cc4)O3)c(C)c(C(=O)N3CCC(N[C@H]4CCOC[C@H]4F)CC3)n2)no1. The largest absolute Gasteiger partial charge is 0.416 e. The Morgan fingerprint density at radius 3 is 2.49 bits per heavy atom. The number of aryl methyl sites for hydroxylation is 2. The highest BCUT2D eigenvalue weighted by molar-refractivity contribution is 5.94. The molecule has 1 N–H and O–H groups in total. The van der Waals surface area contributed by atoms with Crippen LogP contribution < -0.4 is 5.32 Å². The Hall–Kier alpha value is -3.42. The fourth-order valence-electron chi connectivity index (χ4n) is 6.74. The molecule has 4 atom stereocenters. The first-order valence-electron chi connectivity index (χ1n) is 16.5. The highest BCUT2D eigenvalue weighted by atomic mass is 19.4. The molecular weight excluding hydrogens is 618 g/mol. The molecule has 0 spiro atoms. The minimum atomic E-state index is -4.38. The maximum absolute atomic E-state index is 14.3. The van der Waals surface area contributed by atoms with Crippen molar-refractivity contribution in [1.29, 1.82) is 0 Å². The Bertz CT molecular complexity index is 1520. The van der Waals surface area contributed by atoms with Gasteiger partial charge in [-0.1, -0.05) is 17.3 Å². The normalized spacial score (nSPS) is 24.4. The van der Waals surface area contributed by atoms with Gasteiger partial charge in [-0.15, -0.1) is 0 Å². The topological polar surface area (TPSA) is 103 Å². The first kappa shape index (κ1) is 33.5. The molecule has 1 amide bonds. The number of hydrogen-bond donors (Lipinski definition) is 1. The summed E-state index contributed by atoms with van der Waals surface area (Å²) in [5, 5.41) is 7.52. The third-order valence-corrected chi connectivity index (χ3v) is 9.49. The number of carbonyl (C=O) groups is 1. The van der Waals surface area contributed by atoms with Crippen LogP contribution >= 0.6 is 0 Å². The van der Waals surface area contributed by atoms with Gasteiger partial charge in [-0.05, 0) is 82.9 Å². The molecule has 6 rings (SSSR count). The molecular formula is C34H41F4N5O4. The smallest absolute Gasteiger partial charge is 0.378 e. The number of likely N-dealkylation sites (tertiary alicyclic amines) is 1. The third kappa shape index (κ3) is 8.01. The number of nitrogens with zero attached hydrogens (tertiary/aromatic N) is 4. The van der Waals surface area contributed by atoms with Crippen molar-refractivity contribution in [1.82, 2.24) is 25.3 Å². The van der Waals surface area contributed by atoms with Crippen LogP contribution in [0.5, 0.6) is 0 Å². The molecule has 9 nitrogen and oxygen atoms in total. The van der Waals surface area contributed by atoms with Crippen LogP contribution in [0.3, 0.4) is 0 Å². The van der Waals surface area contributed by atoms with E-state index >= 15 is 0 Å². The number of alkyl halides is 4. The molecule has 0 aliphatic carbocycles. The summed E-state index contributed by atoms with van der Waals surface area (Å²) >= 11 is 0. The van der Waals surface area contributed by atoms with E-state index in [1.807, 2.05) is 6.92 Å². The number of hydrogen-bond acceptors (Lipinski definition) is 8. The van der Waals surface area contributed by atoms with Crippen molar-refractivity contribution in [3.63, 3.8) is 0 Å². The van der Waals surface area contributed by atoms with E-state index in [0.717, 1.165) is 37.0 Å². The predicted octanol–water partition coefficient (Wildman–Crippen LogP) is 6.33. The quantitative estimate of drug-likeness (QED) is 0.280. The van der Waals surface area contributed by atoms with E-state index < -0.39 is 17.9 Å². The molecule has 5 heterocycles. The van der Waals surface area contributed by atoms with Gasteiger partial charge in [0.05, 0.1) is 24.4 Å². The van der Waals surface area contributed by atoms with Gasteiger partial charge < -0.3 is 24.2 Å². The van der Waals surface area contributed by atoms with Gasteiger partial charge in [0.15, 0.2) is 11.5 Å². The zero-order valence-electron chi connectivity index (χ0n) is 26.7. The zero-order valence-corrected chi connectivity index (χ0v) is 26.7. The van der Waals surface area contributed by atoms with Gasteiger partial charge in [-0.25, -0.2) is 14.4 Å². The van der Waals surface area contributed by atoms with Crippen molar-refractivity contribution in [3.05, 3.63) is 64.2 Å². The molecule has 47 heavy (non-hydrogen) atoms. The van der Waals surface area contributed by atoms with E-state index in [0.29, 0.717) is 86.0 Å². The summed E-state index contributed by atoms with van der Waals surface area (Å²) in [5.41, 5.74) is 2.21. The standard InChI is InChI=1S/C34H41F4N5O4/c1-20-18-29(42-47-20)32-40-27(11-10-25-4-3-5-30(46-25)22-6-8-23(9-7-22)34(36,37)38)21(2)31(41-32)33(44)43-15-12-24(13-16-43)39-28-14-17-45-19-26(28)35/h6-9,18,24-26,28,30,39H,3-5,10-17,19H2,1-2H3/t25-,26-,28+,30+/m1/s1. The summed E-state index contributed by atoms with van der Waals surface area (Å²) < 4.78 is 70.3. The minimum Gasteiger partial charge on any atom is -0.378 e. The molecule has 2 aromatic heterocycles. The van der Waals surface area contributed by atoms with Crippen LogP contribution in [0, 0.1) is 13.8 Å². The Balaban J connectivity index is 1.14. The van der Waals surface area contributed by atoms with Crippen LogP contribution in [0.15, 0.2) is 34.9 Å². The number of nitrogens with one attached hydrogen (secondary N) is 1. The van der Waals surface area contributed by atoms with Crippen molar-refractivity contribution in [2.75, 3.05) is 26.3 Å². The van der Waals surface area contributed by atoms with E-state index in [1.54, 1.807) is 17.9 Å². The molecule has 3 aromatic rings. The van der Waals surface area contributed by atoms with Gasteiger partial charge in [-0.3, -0.25) is 4.79 Å². The number of halogens is 4. The van der Waals surface area contributed by atoms with Crippen molar-refractivity contribution in [2.45, 2.75) is 102 Å². The average molecular weight is 660 g/mol. The molecule has 254 valence electrons. The molecule has 0 unspecified atom stereocenters. The number of ether oxygens (including phenoxy) is 2. The number of piperidine rings is 1. The zero-order chi connectivity index (χ0) is 33.1. The van der Waals surface area contributed by atoms with Gasteiger partial charge in [0, 0.05) is 49.1 Å². The summed E-state index contributed by atoms with van der Waals surface area (Å²) in [4.78, 5) is 25.2. The van der Waals surface area contributed by atoms with E-state index in [1.165, 1.54) is 12.1 Å². The van der Waals surface area contributed by atoms with Crippen molar-refractivity contribution in [3.8, 4) is 11.5 Å². The van der Waals surface area contributed by atoms with Crippen LogP contribution in [-0.2, 0) is 22.1 Å². The lowest BCUT2D eigenvalue weighted by atomic mass is 9.95. The van der Waals surface area contributed by atoms with E-state index in [4.69, 9.17) is 19.0 Å². The second kappa shape index (κ2) is 14.4. The molecule has 3 aliphatic rings. The molecule has 0 radical (unpaired) electrons. The van der Waals surface area contributed by atoms with Crippen molar-refractivity contribution in [2.24, 2.45) is 0 Å². The maximum atomic E-state index is 14.3. The van der Waals surface area contributed by atoms with Crippen LogP contribution in [0.1, 0.15) is 89.7 Å². The Morgan fingerprint density at radius 2 is 1.81 bits per heavy atom. The van der Waals surface area contributed by atoms with Gasteiger partial charge in [0.25, 0.3) is 5.91 Å². The first-order chi connectivity index (χ1) is 22.5. The average Bonchev–Trinajstić information content (AvgIpc) is 3.51. The van der Waals surface area contributed by atoms with Crippen LogP contribution in [-0.4, -0.2) is 76.6 Å². The molecule has 13 heteroatoms. The van der Waals surface area contributed by atoms with Crippen molar-refractivity contribution >= 4 is 5.91 Å². The summed E-state index contributed by atoms with van der Waals surface area (Å²) in [5.74, 6) is 0.720. The van der Waals surface area contributed by atoms with Crippen molar-refractivity contribution < 1.29 is 36.4 Å². The van der Waals surface area contributed by atoms with Crippen LogP contribution in [0.2, 0.25) is 0 Å². The molecule has 0 bridgehead atoms. The van der Waals surface area contributed by atoms with Crippen LogP contribution in [0.25, 0.3) is 11.5 Å². The minimum absolute atomic E-state index is 0.115. The Morgan fingerprint density at radius 1 is 1.04 bits per heavy atom. The molecule has 0 saturated carbocycles. The highest BCUT2D eigenvalue weighted by Crippen LogP contribution is 2.35.